The zero-order valence-corrected chi connectivity index (χ0v) is 14.2. The number of hydrogen-bond acceptors (Lipinski definition) is 7. The Balaban J connectivity index is 1.86. The van der Waals surface area contributed by atoms with Crippen LogP contribution in [-0.2, 0) is 24.8 Å². The molecular formula is C12H13N3O5S3. The van der Waals surface area contributed by atoms with Crippen LogP contribution >= 0.6 is 11.8 Å². The highest BCUT2D eigenvalue weighted by atomic mass is 32.2. The maximum absolute atomic E-state index is 12.2. The van der Waals surface area contributed by atoms with Gasteiger partial charge in [0.1, 0.15) is 0 Å². The monoisotopic (exact) mass is 375 g/mol. The molecule has 1 saturated heterocycles. The van der Waals surface area contributed by atoms with Crippen molar-refractivity contribution < 1.29 is 21.6 Å². The van der Waals surface area contributed by atoms with Crippen molar-refractivity contribution in [1.29, 1.82) is 0 Å². The second-order valence-corrected chi connectivity index (χ2v) is 9.56. The Morgan fingerprint density at radius 1 is 1.22 bits per heavy atom. The van der Waals surface area contributed by atoms with Crippen molar-refractivity contribution in [3.8, 4) is 0 Å². The van der Waals surface area contributed by atoms with E-state index in [1.54, 1.807) is 0 Å². The Hall–Kier alpha value is -1.59. The number of carbonyl (C=O) groups excluding carboxylic acids is 1. The van der Waals surface area contributed by atoms with Gasteiger partial charge in [0.2, 0.25) is 15.9 Å². The van der Waals surface area contributed by atoms with Gasteiger partial charge in [0, 0.05) is 12.2 Å². The molecule has 1 amide bonds. The number of benzene rings is 1. The van der Waals surface area contributed by atoms with Crippen molar-refractivity contribution in [2.75, 3.05) is 22.4 Å². The fraction of sp³-hybridized carbons (Fsp3) is 0.333. The molecule has 0 aliphatic carbocycles. The molecule has 1 aromatic carbocycles. The summed E-state index contributed by atoms with van der Waals surface area (Å²) in [5, 5.41) is 0.339. The molecule has 8 nitrogen and oxygen atoms in total. The maximum atomic E-state index is 12.2. The van der Waals surface area contributed by atoms with Crippen LogP contribution in [0.3, 0.4) is 0 Å². The summed E-state index contributed by atoms with van der Waals surface area (Å²) in [5.41, 5.74) is 0.138. The summed E-state index contributed by atoms with van der Waals surface area (Å²) in [6.45, 7) is 0.566. The lowest BCUT2D eigenvalue weighted by Crippen LogP contribution is -2.30. The first kappa shape index (κ1) is 16.3. The van der Waals surface area contributed by atoms with Crippen molar-refractivity contribution in [3.05, 3.63) is 24.3 Å². The fourth-order valence-electron chi connectivity index (χ4n) is 2.20. The maximum Gasteiger partial charge on any atom is 0.263 e. The molecule has 1 fully saturated rings. The van der Waals surface area contributed by atoms with Gasteiger partial charge in [0.15, 0.2) is 5.17 Å². The van der Waals surface area contributed by atoms with Gasteiger partial charge < -0.3 is 0 Å². The largest absolute Gasteiger partial charge is 0.273 e. The van der Waals surface area contributed by atoms with Gasteiger partial charge in [-0.1, -0.05) is 11.8 Å². The van der Waals surface area contributed by atoms with E-state index in [0.29, 0.717) is 16.0 Å². The second-order valence-electron chi connectivity index (χ2n) is 4.86. The SMILES string of the molecule is O=C1CCS(=O)(=O)N1c1ccc(S(=O)(=O)NC2=NCCS2)cc1. The van der Waals surface area contributed by atoms with Crippen LogP contribution in [0.15, 0.2) is 34.2 Å². The van der Waals surface area contributed by atoms with Crippen LogP contribution in [0.2, 0.25) is 0 Å². The summed E-state index contributed by atoms with van der Waals surface area (Å²) in [6.07, 6.45) is -0.0685. The number of nitrogens with one attached hydrogen (secondary N) is 1. The lowest BCUT2D eigenvalue weighted by molar-refractivity contribution is -0.116. The number of anilines is 1. The van der Waals surface area contributed by atoms with Crippen LogP contribution in [0.4, 0.5) is 5.69 Å². The molecule has 2 heterocycles. The van der Waals surface area contributed by atoms with Crippen LogP contribution in [0.5, 0.6) is 0 Å². The molecule has 0 atom stereocenters. The molecule has 0 spiro atoms. The molecule has 11 heteroatoms. The molecule has 0 unspecified atom stereocenters. The Kier molecular flexibility index (Phi) is 4.10. The average molecular weight is 375 g/mol. The van der Waals surface area contributed by atoms with Gasteiger partial charge in [0.05, 0.1) is 22.9 Å². The van der Waals surface area contributed by atoms with E-state index in [1.807, 2.05) is 0 Å². The Morgan fingerprint density at radius 2 is 1.91 bits per heavy atom. The fourth-order valence-corrected chi connectivity index (χ4v) is 5.69. The van der Waals surface area contributed by atoms with Crippen LogP contribution < -0.4 is 9.03 Å². The van der Waals surface area contributed by atoms with E-state index in [-0.39, 0.29) is 22.8 Å². The molecule has 124 valence electrons. The third-order valence-corrected chi connectivity index (χ3v) is 7.33. The number of sulfonamides is 2. The first-order chi connectivity index (χ1) is 10.8. The Bertz CT molecular complexity index is 875. The summed E-state index contributed by atoms with van der Waals surface area (Å²) in [7, 11) is -7.44. The number of thioether (sulfide) groups is 1. The number of hydrogen-bond donors (Lipinski definition) is 1. The number of aliphatic imine (C=N–C) groups is 1. The van der Waals surface area contributed by atoms with Gasteiger partial charge in [-0.2, -0.15) is 0 Å². The van der Waals surface area contributed by atoms with Crippen molar-refractivity contribution >= 4 is 48.6 Å². The minimum Gasteiger partial charge on any atom is -0.273 e. The average Bonchev–Trinajstić information content (AvgIpc) is 3.07. The van der Waals surface area contributed by atoms with Crippen LogP contribution in [0, 0.1) is 0 Å². The third-order valence-electron chi connectivity index (χ3n) is 3.27. The lowest BCUT2D eigenvalue weighted by Gasteiger charge is -2.15. The molecule has 3 rings (SSSR count). The summed E-state index contributed by atoms with van der Waals surface area (Å²) >= 11 is 1.32. The number of amides is 1. The molecule has 1 N–H and O–H groups in total. The molecule has 0 aromatic heterocycles. The van der Waals surface area contributed by atoms with Gasteiger partial charge in [0.25, 0.3) is 10.0 Å². The summed E-state index contributed by atoms with van der Waals surface area (Å²) in [6, 6.07) is 5.13. The van der Waals surface area contributed by atoms with E-state index >= 15 is 0 Å². The second kappa shape index (κ2) is 5.80. The number of rotatable bonds is 3. The minimum atomic E-state index is -3.78. The predicted molar refractivity (Wildman–Crippen MR) is 87.4 cm³/mol. The molecule has 0 bridgehead atoms. The van der Waals surface area contributed by atoms with E-state index in [0.717, 1.165) is 5.75 Å². The van der Waals surface area contributed by atoms with Crippen LogP contribution in [-0.4, -0.2) is 46.0 Å². The number of carbonyl (C=O) groups is 1. The standard InChI is InChI=1S/C12H13N3O5S3/c16-11-5-8-22(17,18)15(11)9-1-3-10(4-2-9)23(19,20)14-12-13-6-7-21-12/h1-4H,5-8H2,(H,13,14). The van der Waals surface area contributed by atoms with Crippen LogP contribution in [0.1, 0.15) is 6.42 Å². The first-order valence-corrected chi connectivity index (χ1v) is 10.7. The predicted octanol–water partition coefficient (Wildman–Crippen LogP) is 0.134. The first-order valence-electron chi connectivity index (χ1n) is 6.66. The highest BCUT2D eigenvalue weighted by Crippen LogP contribution is 2.26. The van der Waals surface area contributed by atoms with Gasteiger partial charge >= 0.3 is 0 Å². The summed E-state index contributed by atoms with van der Waals surface area (Å²) < 4.78 is 51.2. The third kappa shape index (κ3) is 3.21. The van der Waals surface area contributed by atoms with Crippen molar-refractivity contribution in [1.82, 2.24) is 4.72 Å². The molecule has 23 heavy (non-hydrogen) atoms. The molecule has 2 aliphatic rings. The molecular weight excluding hydrogens is 362 g/mol. The van der Waals surface area contributed by atoms with Gasteiger partial charge in [-0.15, -0.1) is 0 Å². The van der Waals surface area contributed by atoms with E-state index < -0.39 is 26.0 Å². The number of amidine groups is 1. The quantitative estimate of drug-likeness (QED) is 0.804. The minimum absolute atomic E-state index is 0.0273. The zero-order valence-electron chi connectivity index (χ0n) is 11.8. The van der Waals surface area contributed by atoms with E-state index in [4.69, 9.17) is 0 Å². The van der Waals surface area contributed by atoms with Gasteiger partial charge in [-0.05, 0) is 24.3 Å². The topological polar surface area (TPSA) is 113 Å². The van der Waals surface area contributed by atoms with Crippen LogP contribution in [0.25, 0.3) is 0 Å². The highest BCUT2D eigenvalue weighted by molar-refractivity contribution is 8.15. The molecule has 0 radical (unpaired) electrons. The van der Waals surface area contributed by atoms with Gasteiger partial charge in [-0.25, -0.2) is 21.1 Å². The van der Waals surface area contributed by atoms with E-state index in [1.165, 1.54) is 36.0 Å². The van der Waals surface area contributed by atoms with Gasteiger partial charge in [-0.3, -0.25) is 14.5 Å². The van der Waals surface area contributed by atoms with E-state index in [9.17, 15) is 21.6 Å². The van der Waals surface area contributed by atoms with Crippen molar-refractivity contribution in [2.24, 2.45) is 4.99 Å². The zero-order chi connectivity index (χ0) is 16.7. The lowest BCUT2D eigenvalue weighted by atomic mass is 10.3. The smallest absolute Gasteiger partial charge is 0.263 e. The molecule has 0 saturated carbocycles. The normalized spacial score (nSPS) is 20.6. The van der Waals surface area contributed by atoms with E-state index in [2.05, 4.69) is 9.71 Å². The molecule has 2 aliphatic heterocycles. The summed E-state index contributed by atoms with van der Waals surface area (Å²) in [4.78, 5) is 15.7. The Labute approximate surface area is 138 Å². The number of nitrogens with zero attached hydrogens (tertiary/aromatic N) is 2. The Morgan fingerprint density at radius 3 is 2.43 bits per heavy atom. The molecule has 1 aromatic rings. The highest BCUT2D eigenvalue weighted by Gasteiger charge is 2.36. The van der Waals surface area contributed by atoms with Crippen molar-refractivity contribution in [3.63, 3.8) is 0 Å². The van der Waals surface area contributed by atoms with Crippen molar-refractivity contribution in [2.45, 2.75) is 11.3 Å². The summed E-state index contributed by atoms with van der Waals surface area (Å²) in [5.74, 6) is -0.0219.